The Bertz CT molecular complexity index is 839. The Morgan fingerprint density at radius 3 is 2.67 bits per heavy atom. The van der Waals surface area contributed by atoms with E-state index in [1.165, 1.54) is 0 Å². The normalized spacial score (nSPS) is 10.8. The van der Waals surface area contributed by atoms with Gasteiger partial charge in [0.25, 0.3) is 5.91 Å². The number of halogens is 2. The number of aryl methyl sites for hydroxylation is 1. The summed E-state index contributed by atoms with van der Waals surface area (Å²) in [5, 5.41) is 4.84. The second-order valence-electron chi connectivity index (χ2n) is 4.85. The fourth-order valence-corrected chi connectivity index (χ4v) is 2.60. The minimum Gasteiger partial charge on any atom is -0.351 e. The van der Waals surface area contributed by atoms with Crippen LogP contribution in [-0.4, -0.2) is 10.9 Å². The lowest BCUT2D eigenvalue weighted by Crippen LogP contribution is -2.12. The van der Waals surface area contributed by atoms with Gasteiger partial charge in [-0.1, -0.05) is 29.3 Å². The van der Waals surface area contributed by atoms with Gasteiger partial charge in [-0.2, -0.15) is 0 Å². The molecule has 0 fully saturated rings. The Morgan fingerprint density at radius 2 is 1.90 bits per heavy atom. The fraction of sp³-hybridized carbons (Fsp3) is 0.0625. The van der Waals surface area contributed by atoms with Crippen molar-refractivity contribution in [2.75, 3.05) is 5.32 Å². The summed E-state index contributed by atoms with van der Waals surface area (Å²) in [6.45, 7) is 1.94. The van der Waals surface area contributed by atoms with Crippen LogP contribution >= 0.6 is 23.2 Å². The number of nitrogens with one attached hydrogen (secondary N) is 2. The van der Waals surface area contributed by atoms with Crippen LogP contribution in [0.25, 0.3) is 10.9 Å². The number of benzene rings is 2. The SMILES string of the molecule is Cc1ccc(NC(=O)c2cc3cc(Cl)ccc3[nH]2)c(Cl)c1. The molecule has 0 bridgehead atoms. The molecule has 0 aliphatic rings. The van der Waals surface area contributed by atoms with E-state index in [2.05, 4.69) is 10.3 Å². The van der Waals surface area contributed by atoms with E-state index in [0.29, 0.717) is 21.4 Å². The predicted molar refractivity (Wildman–Crippen MR) is 87.5 cm³/mol. The number of hydrogen-bond acceptors (Lipinski definition) is 1. The lowest BCUT2D eigenvalue weighted by atomic mass is 10.2. The number of rotatable bonds is 2. The monoisotopic (exact) mass is 318 g/mol. The first-order valence-corrected chi connectivity index (χ1v) is 7.14. The van der Waals surface area contributed by atoms with Crippen LogP contribution in [0.15, 0.2) is 42.5 Å². The molecule has 3 nitrogen and oxygen atoms in total. The summed E-state index contributed by atoms with van der Waals surface area (Å²) in [5.41, 5.74) is 2.95. The van der Waals surface area contributed by atoms with Crippen molar-refractivity contribution in [2.24, 2.45) is 0 Å². The average molecular weight is 319 g/mol. The molecule has 0 spiro atoms. The maximum absolute atomic E-state index is 12.3. The maximum Gasteiger partial charge on any atom is 0.272 e. The standard InChI is InChI=1S/C16H12Cl2N2O/c1-9-2-4-14(12(18)6-9)20-16(21)15-8-10-7-11(17)3-5-13(10)19-15/h2-8,19H,1H3,(H,20,21). The van der Waals surface area contributed by atoms with E-state index in [1.807, 2.05) is 31.2 Å². The molecule has 21 heavy (non-hydrogen) atoms. The molecule has 0 aliphatic heterocycles. The van der Waals surface area contributed by atoms with Gasteiger partial charge in [-0.05, 0) is 48.9 Å². The highest BCUT2D eigenvalue weighted by Crippen LogP contribution is 2.24. The van der Waals surface area contributed by atoms with Crippen molar-refractivity contribution in [3.63, 3.8) is 0 Å². The summed E-state index contributed by atoms with van der Waals surface area (Å²) in [4.78, 5) is 15.3. The maximum atomic E-state index is 12.3. The molecule has 106 valence electrons. The van der Waals surface area contributed by atoms with E-state index < -0.39 is 0 Å². The molecule has 2 N–H and O–H groups in total. The number of fused-ring (bicyclic) bond motifs is 1. The predicted octanol–water partition coefficient (Wildman–Crippen LogP) is 5.04. The number of aromatic nitrogens is 1. The molecule has 3 aromatic rings. The Balaban J connectivity index is 1.89. The molecule has 0 saturated carbocycles. The van der Waals surface area contributed by atoms with E-state index in [-0.39, 0.29) is 5.91 Å². The third kappa shape index (κ3) is 2.89. The van der Waals surface area contributed by atoms with Gasteiger partial charge in [-0.15, -0.1) is 0 Å². The van der Waals surface area contributed by atoms with Crippen LogP contribution in [0.4, 0.5) is 5.69 Å². The number of carbonyl (C=O) groups is 1. The molecule has 5 heteroatoms. The van der Waals surface area contributed by atoms with Gasteiger partial charge in [0.05, 0.1) is 10.7 Å². The molecule has 0 radical (unpaired) electrons. The Morgan fingerprint density at radius 1 is 1.10 bits per heavy atom. The van der Waals surface area contributed by atoms with Crippen LogP contribution < -0.4 is 5.32 Å². The van der Waals surface area contributed by atoms with Gasteiger partial charge in [0, 0.05) is 15.9 Å². The molecule has 1 heterocycles. The van der Waals surface area contributed by atoms with E-state index in [0.717, 1.165) is 16.5 Å². The smallest absolute Gasteiger partial charge is 0.272 e. The average Bonchev–Trinajstić information content (AvgIpc) is 2.85. The number of hydrogen-bond donors (Lipinski definition) is 2. The molecule has 3 rings (SSSR count). The third-order valence-electron chi connectivity index (χ3n) is 3.20. The summed E-state index contributed by atoms with van der Waals surface area (Å²) in [6, 6.07) is 12.7. The number of amides is 1. The van der Waals surface area contributed by atoms with Crippen LogP contribution in [0.5, 0.6) is 0 Å². The number of H-pyrrole nitrogens is 1. The van der Waals surface area contributed by atoms with Crippen molar-refractivity contribution in [2.45, 2.75) is 6.92 Å². The molecular formula is C16H12Cl2N2O. The number of anilines is 1. The zero-order valence-electron chi connectivity index (χ0n) is 11.2. The van der Waals surface area contributed by atoms with Gasteiger partial charge in [0.1, 0.15) is 5.69 Å². The van der Waals surface area contributed by atoms with Crippen LogP contribution in [0, 0.1) is 6.92 Å². The van der Waals surface area contributed by atoms with Crippen molar-refractivity contribution in [1.29, 1.82) is 0 Å². The second-order valence-corrected chi connectivity index (χ2v) is 5.70. The fourth-order valence-electron chi connectivity index (χ4n) is 2.14. The van der Waals surface area contributed by atoms with E-state index >= 15 is 0 Å². The lowest BCUT2D eigenvalue weighted by Gasteiger charge is -2.06. The highest BCUT2D eigenvalue weighted by molar-refractivity contribution is 6.34. The third-order valence-corrected chi connectivity index (χ3v) is 3.75. The first kappa shape index (κ1) is 14.0. The molecule has 1 aromatic heterocycles. The number of carbonyl (C=O) groups excluding carboxylic acids is 1. The van der Waals surface area contributed by atoms with Crippen molar-refractivity contribution in [1.82, 2.24) is 4.98 Å². The topological polar surface area (TPSA) is 44.9 Å². The van der Waals surface area contributed by atoms with Crippen molar-refractivity contribution < 1.29 is 4.79 Å². The Hall–Kier alpha value is -1.97. The first-order valence-electron chi connectivity index (χ1n) is 6.39. The number of aromatic amines is 1. The van der Waals surface area contributed by atoms with Gasteiger partial charge >= 0.3 is 0 Å². The lowest BCUT2D eigenvalue weighted by molar-refractivity contribution is 0.102. The van der Waals surface area contributed by atoms with Gasteiger partial charge in [0.15, 0.2) is 0 Å². The minimum absolute atomic E-state index is 0.243. The zero-order valence-corrected chi connectivity index (χ0v) is 12.7. The molecule has 0 atom stereocenters. The van der Waals surface area contributed by atoms with Crippen LogP contribution in [0.2, 0.25) is 10.0 Å². The van der Waals surface area contributed by atoms with Crippen molar-refractivity contribution in [3.05, 3.63) is 63.8 Å². The highest BCUT2D eigenvalue weighted by atomic mass is 35.5. The Kier molecular flexibility index (Phi) is 3.62. The summed E-state index contributed by atoms with van der Waals surface area (Å²) in [5.74, 6) is -0.243. The van der Waals surface area contributed by atoms with Gasteiger partial charge in [-0.3, -0.25) is 4.79 Å². The summed E-state index contributed by atoms with van der Waals surface area (Å²) in [7, 11) is 0. The van der Waals surface area contributed by atoms with Crippen molar-refractivity contribution >= 4 is 45.7 Å². The zero-order chi connectivity index (χ0) is 15.0. The first-order chi connectivity index (χ1) is 10.0. The summed E-state index contributed by atoms with van der Waals surface area (Å²) in [6.07, 6.45) is 0. The minimum atomic E-state index is -0.243. The van der Waals surface area contributed by atoms with E-state index in [1.54, 1.807) is 18.2 Å². The van der Waals surface area contributed by atoms with Crippen LogP contribution in [-0.2, 0) is 0 Å². The molecular weight excluding hydrogens is 307 g/mol. The van der Waals surface area contributed by atoms with Crippen LogP contribution in [0.1, 0.15) is 16.1 Å². The second kappa shape index (κ2) is 5.43. The molecule has 0 unspecified atom stereocenters. The molecule has 0 aliphatic carbocycles. The molecule has 0 saturated heterocycles. The highest BCUT2D eigenvalue weighted by Gasteiger charge is 2.11. The van der Waals surface area contributed by atoms with Gasteiger partial charge < -0.3 is 10.3 Å². The quantitative estimate of drug-likeness (QED) is 0.683. The largest absolute Gasteiger partial charge is 0.351 e. The van der Waals surface area contributed by atoms with E-state index in [9.17, 15) is 4.79 Å². The van der Waals surface area contributed by atoms with Crippen LogP contribution in [0.3, 0.4) is 0 Å². The van der Waals surface area contributed by atoms with Gasteiger partial charge in [0.2, 0.25) is 0 Å². The van der Waals surface area contributed by atoms with Gasteiger partial charge in [-0.25, -0.2) is 0 Å². The molecule has 2 aromatic carbocycles. The van der Waals surface area contributed by atoms with Crippen molar-refractivity contribution in [3.8, 4) is 0 Å². The summed E-state index contributed by atoms with van der Waals surface area (Å²) >= 11 is 12.1. The summed E-state index contributed by atoms with van der Waals surface area (Å²) < 4.78 is 0. The Labute approximate surface area is 131 Å². The van der Waals surface area contributed by atoms with E-state index in [4.69, 9.17) is 23.2 Å². The molecule has 1 amide bonds.